The van der Waals surface area contributed by atoms with E-state index in [-0.39, 0.29) is 17.3 Å². The summed E-state index contributed by atoms with van der Waals surface area (Å²) in [5, 5.41) is 22.8. The summed E-state index contributed by atoms with van der Waals surface area (Å²) in [6.07, 6.45) is 0. The highest BCUT2D eigenvalue weighted by atomic mass is 32.2. The molecule has 0 aliphatic carbocycles. The normalized spacial score (nSPS) is 10.6. The number of thioether (sulfide) groups is 1. The van der Waals surface area contributed by atoms with Crippen molar-refractivity contribution in [2.45, 2.75) is 11.7 Å². The molecule has 3 aromatic carbocycles. The predicted molar refractivity (Wildman–Crippen MR) is 123 cm³/mol. The summed E-state index contributed by atoms with van der Waals surface area (Å²) in [4.78, 5) is 22.7. The first kappa shape index (κ1) is 21.3. The average Bonchev–Trinajstić information content (AvgIpc) is 3.21. The summed E-state index contributed by atoms with van der Waals surface area (Å²) >= 11 is 1.29. The summed E-state index contributed by atoms with van der Waals surface area (Å²) < 4.78 is 1.99. The number of benzene rings is 3. The van der Waals surface area contributed by atoms with Crippen LogP contribution in [0.25, 0.3) is 11.4 Å². The maximum Gasteiger partial charge on any atom is 0.269 e. The molecule has 0 aliphatic rings. The van der Waals surface area contributed by atoms with Crippen LogP contribution in [0.2, 0.25) is 0 Å². The lowest BCUT2D eigenvalue weighted by Gasteiger charge is -2.11. The van der Waals surface area contributed by atoms with E-state index in [0.717, 1.165) is 17.0 Å². The van der Waals surface area contributed by atoms with E-state index in [1.807, 2.05) is 65.2 Å². The Labute approximate surface area is 188 Å². The van der Waals surface area contributed by atoms with Crippen LogP contribution in [0.3, 0.4) is 0 Å². The fourth-order valence-electron chi connectivity index (χ4n) is 3.10. The summed E-state index contributed by atoms with van der Waals surface area (Å²) in [6.45, 7) is 0.574. The largest absolute Gasteiger partial charge is 0.325 e. The molecule has 32 heavy (non-hydrogen) atoms. The smallest absolute Gasteiger partial charge is 0.269 e. The van der Waals surface area contributed by atoms with Gasteiger partial charge in [0.2, 0.25) is 5.91 Å². The number of hydrogen-bond donors (Lipinski definition) is 1. The summed E-state index contributed by atoms with van der Waals surface area (Å²) in [5.74, 6) is 0.616. The molecule has 0 aliphatic heterocycles. The highest BCUT2D eigenvalue weighted by Gasteiger charge is 2.16. The number of nitrogens with zero attached hydrogens (tertiary/aromatic N) is 4. The van der Waals surface area contributed by atoms with E-state index in [9.17, 15) is 14.9 Å². The van der Waals surface area contributed by atoms with Gasteiger partial charge in [-0.3, -0.25) is 19.5 Å². The molecule has 9 heteroatoms. The Balaban J connectivity index is 1.49. The lowest BCUT2D eigenvalue weighted by Crippen LogP contribution is -2.14. The van der Waals surface area contributed by atoms with Gasteiger partial charge in [0.1, 0.15) is 0 Å². The maximum absolute atomic E-state index is 12.4. The second-order valence-electron chi connectivity index (χ2n) is 6.88. The number of nitro benzene ring substituents is 1. The molecule has 1 amide bonds. The van der Waals surface area contributed by atoms with Crippen molar-refractivity contribution in [2.75, 3.05) is 11.1 Å². The molecular formula is C23H19N5O3S. The van der Waals surface area contributed by atoms with E-state index in [2.05, 4.69) is 15.5 Å². The van der Waals surface area contributed by atoms with Gasteiger partial charge in [0, 0.05) is 23.4 Å². The number of hydrogen-bond acceptors (Lipinski definition) is 6. The fourth-order valence-corrected chi connectivity index (χ4v) is 3.84. The molecule has 8 nitrogen and oxygen atoms in total. The van der Waals surface area contributed by atoms with E-state index in [0.29, 0.717) is 17.4 Å². The van der Waals surface area contributed by atoms with E-state index in [4.69, 9.17) is 0 Å². The zero-order chi connectivity index (χ0) is 22.3. The molecule has 0 unspecified atom stereocenters. The van der Waals surface area contributed by atoms with Crippen LogP contribution in [0.4, 0.5) is 11.4 Å². The van der Waals surface area contributed by atoms with Gasteiger partial charge in [-0.05, 0) is 17.7 Å². The van der Waals surface area contributed by atoms with Gasteiger partial charge in [0.15, 0.2) is 11.0 Å². The average molecular weight is 446 g/mol. The van der Waals surface area contributed by atoms with Gasteiger partial charge in [-0.1, -0.05) is 72.4 Å². The van der Waals surface area contributed by atoms with Crippen molar-refractivity contribution in [1.82, 2.24) is 14.8 Å². The van der Waals surface area contributed by atoms with Crippen LogP contribution in [0.15, 0.2) is 90.1 Å². The van der Waals surface area contributed by atoms with Crippen LogP contribution in [0.1, 0.15) is 5.56 Å². The van der Waals surface area contributed by atoms with Crippen molar-refractivity contribution in [1.29, 1.82) is 0 Å². The number of rotatable bonds is 8. The van der Waals surface area contributed by atoms with Crippen LogP contribution < -0.4 is 5.32 Å². The van der Waals surface area contributed by atoms with Gasteiger partial charge >= 0.3 is 0 Å². The number of carbonyl (C=O) groups excluding carboxylic acids is 1. The molecule has 1 heterocycles. The Morgan fingerprint density at radius 1 is 0.938 bits per heavy atom. The molecular weight excluding hydrogens is 426 g/mol. The number of nitrogens with one attached hydrogen (secondary N) is 1. The van der Waals surface area contributed by atoms with Crippen LogP contribution in [0, 0.1) is 10.1 Å². The molecule has 160 valence electrons. The van der Waals surface area contributed by atoms with Gasteiger partial charge in [-0.15, -0.1) is 10.2 Å². The second kappa shape index (κ2) is 9.88. The SMILES string of the molecule is O=C(CSc1nnc(-c2ccccc2)n1Cc1ccccc1)Nc1ccc([N+](=O)[O-])cc1. The number of amides is 1. The standard InChI is InChI=1S/C23H19N5O3S/c29-21(24-19-11-13-20(14-12-19)28(30)31)16-32-23-26-25-22(18-9-5-2-6-10-18)27(23)15-17-7-3-1-4-8-17/h1-14H,15-16H2,(H,24,29). The monoisotopic (exact) mass is 445 g/mol. The minimum atomic E-state index is -0.481. The first-order chi connectivity index (χ1) is 15.6. The molecule has 4 rings (SSSR count). The molecule has 1 N–H and O–H groups in total. The number of non-ortho nitro benzene ring substituents is 1. The van der Waals surface area contributed by atoms with Gasteiger partial charge in [-0.25, -0.2) is 0 Å². The summed E-state index contributed by atoms with van der Waals surface area (Å²) in [5.41, 5.74) is 2.51. The van der Waals surface area contributed by atoms with Gasteiger partial charge in [-0.2, -0.15) is 0 Å². The summed E-state index contributed by atoms with van der Waals surface area (Å²) in [6, 6.07) is 25.5. The van der Waals surface area contributed by atoms with Crippen LogP contribution in [-0.4, -0.2) is 31.3 Å². The highest BCUT2D eigenvalue weighted by Crippen LogP contribution is 2.25. The lowest BCUT2D eigenvalue weighted by atomic mass is 10.2. The van der Waals surface area contributed by atoms with Gasteiger partial charge < -0.3 is 5.32 Å². The third-order valence-corrected chi connectivity index (χ3v) is 5.59. The minimum absolute atomic E-state index is 0.0279. The fraction of sp³-hybridized carbons (Fsp3) is 0.0870. The maximum atomic E-state index is 12.4. The number of anilines is 1. The Kier molecular flexibility index (Phi) is 6.57. The first-order valence-electron chi connectivity index (χ1n) is 9.80. The zero-order valence-electron chi connectivity index (χ0n) is 16.9. The Bertz CT molecular complexity index is 1210. The Morgan fingerprint density at radius 2 is 1.59 bits per heavy atom. The summed E-state index contributed by atoms with van der Waals surface area (Å²) in [7, 11) is 0. The third-order valence-electron chi connectivity index (χ3n) is 4.63. The van der Waals surface area contributed by atoms with E-state index < -0.39 is 4.92 Å². The van der Waals surface area contributed by atoms with E-state index >= 15 is 0 Å². The molecule has 4 aromatic rings. The number of aromatic nitrogens is 3. The van der Waals surface area contributed by atoms with Crippen molar-refractivity contribution >= 4 is 29.0 Å². The lowest BCUT2D eigenvalue weighted by molar-refractivity contribution is -0.384. The molecule has 0 radical (unpaired) electrons. The highest BCUT2D eigenvalue weighted by molar-refractivity contribution is 7.99. The van der Waals surface area contributed by atoms with Crippen molar-refractivity contribution in [2.24, 2.45) is 0 Å². The van der Waals surface area contributed by atoms with Crippen LogP contribution in [-0.2, 0) is 11.3 Å². The first-order valence-corrected chi connectivity index (χ1v) is 10.8. The molecule has 0 fully saturated rings. The third kappa shape index (κ3) is 5.19. The van der Waals surface area contributed by atoms with Gasteiger partial charge in [0.05, 0.1) is 17.2 Å². The van der Waals surface area contributed by atoms with E-state index in [1.54, 1.807) is 0 Å². The molecule has 1 aromatic heterocycles. The predicted octanol–water partition coefficient (Wildman–Crippen LogP) is 4.63. The van der Waals surface area contributed by atoms with Crippen molar-refractivity contribution in [3.05, 3.63) is 101 Å². The van der Waals surface area contributed by atoms with Crippen LogP contribution >= 0.6 is 11.8 Å². The van der Waals surface area contributed by atoms with Crippen molar-refractivity contribution < 1.29 is 9.72 Å². The molecule has 0 saturated carbocycles. The molecule has 0 atom stereocenters. The Hall–Kier alpha value is -3.98. The quantitative estimate of drug-likeness (QED) is 0.241. The zero-order valence-corrected chi connectivity index (χ0v) is 17.7. The number of carbonyl (C=O) groups is 1. The molecule has 0 spiro atoms. The Morgan fingerprint density at radius 3 is 2.25 bits per heavy atom. The van der Waals surface area contributed by atoms with Gasteiger partial charge in [0.25, 0.3) is 5.69 Å². The minimum Gasteiger partial charge on any atom is -0.325 e. The van der Waals surface area contributed by atoms with Crippen molar-refractivity contribution in [3.8, 4) is 11.4 Å². The molecule has 0 saturated heterocycles. The molecule has 0 bridgehead atoms. The van der Waals surface area contributed by atoms with Crippen LogP contribution in [0.5, 0.6) is 0 Å². The van der Waals surface area contributed by atoms with Crippen molar-refractivity contribution in [3.63, 3.8) is 0 Å². The number of nitro groups is 1. The van der Waals surface area contributed by atoms with E-state index in [1.165, 1.54) is 36.0 Å². The topological polar surface area (TPSA) is 103 Å². The second-order valence-corrected chi connectivity index (χ2v) is 7.83.